The van der Waals surface area contributed by atoms with Crippen molar-refractivity contribution in [1.82, 2.24) is 10.3 Å². The number of nitrogens with one attached hydrogen (secondary N) is 2. The fraction of sp³-hybridized carbons (Fsp3) is 0.381. The minimum atomic E-state index is -4.49. The largest absolute Gasteiger partial charge is 0.416 e. The van der Waals surface area contributed by atoms with Crippen LogP contribution in [0.2, 0.25) is 0 Å². The van der Waals surface area contributed by atoms with E-state index in [1.807, 2.05) is 12.1 Å². The van der Waals surface area contributed by atoms with Crippen LogP contribution in [0, 0.1) is 0 Å². The van der Waals surface area contributed by atoms with Crippen LogP contribution in [0.5, 0.6) is 0 Å². The van der Waals surface area contributed by atoms with Gasteiger partial charge in [0.1, 0.15) is 5.82 Å². The maximum Gasteiger partial charge on any atom is 0.416 e. The summed E-state index contributed by atoms with van der Waals surface area (Å²) in [5.74, 6) is 0.0322. The molecule has 32 heavy (non-hydrogen) atoms. The van der Waals surface area contributed by atoms with E-state index in [4.69, 9.17) is 4.74 Å². The molecular formula is C21H21F3N4O3S. The standard InChI is InChI=1S/C21H21F3N4O3S/c22-21(23,24)14-2-3-16-15(9-14)27-20(30)17(32-16)10-19(29)26-12-13-1-4-18(25-11-13)28-5-7-31-8-6-28/h1-4,9,11,17H,5-8,10,12H2,(H,26,29)(H,27,30)/t17-/m0/s1. The smallest absolute Gasteiger partial charge is 0.378 e. The van der Waals surface area contributed by atoms with Crippen molar-refractivity contribution in [3.05, 3.63) is 47.7 Å². The van der Waals surface area contributed by atoms with E-state index >= 15 is 0 Å². The molecule has 0 bridgehead atoms. The van der Waals surface area contributed by atoms with Gasteiger partial charge in [0.15, 0.2) is 0 Å². The molecule has 2 aliphatic rings. The first-order chi connectivity index (χ1) is 15.3. The average Bonchev–Trinajstić information content (AvgIpc) is 2.78. The van der Waals surface area contributed by atoms with Gasteiger partial charge in [0, 0.05) is 37.1 Å². The molecule has 0 saturated carbocycles. The topological polar surface area (TPSA) is 83.6 Å². The van der Waals surface area contributed by atoms with E-state index in [1.54, 1.807) is 6.20 Å². The summed E-state index contributed by atoms with van der Waals surface area (Å²) in [5, 5.41) is 4.52. The SMILES string of the molecule is O=C(C[C@@H]1Sc2ccc(C(F)(F)F)cc2NC1=O)NCc1ccc(N2CCOCC2)nc1. The van der Waals surface area contributed by atoms with Crippen LogP contribution in [0.3, 0.4) is 0 Å². The van der Waals surface area contributed by atoms with E-state index < -0.39 is 22.9 Å². The molecule has 2 amide bonds. The number of pyridine rings is 1. The quantitative estimate of drug-likeness (QED) is 0.705. The number of halogens is 3. The molecule has 7 nitrogen and oxygen atoms in total. The lowest BCUT2D eigenvalue weighted by Crippen LogP contribution is -2.36. The molecule has 1 aromatic heterocycles. The second-order valence-electron chi connectivity index (χ2n) is 7.41. The number of hydrogen-bond donors (Lipinski definition) is 2. The minimum absolute atomic E-state index is 0.0871. The molecule has 0 aliphatic carbocycles. The first-order valence-electron chi connectivity index (χ1n) is 10.0. The fourth-order valence-corrected chi connectivity index (χ4v) is 4.49. The van der Waals surface area contributed by atoms with Crippen molar-refractivity contribution in [3.63, 3.8) is 0 Å². The fourth-order valence-electron chi connectivity index (χ4n) is 3.40. The second-order valence-corrected chi connectivity index (χ2v) is 8.65. The molecule has 2 aromatic rings. The van der Waals surface area contributed by atoms with Gasteiger partial charge in [-0.05, 0) is 29.8 Å². The number of carbonyl (C=O) groups excluding carboxylic acids is 2. The molecular weight excluding hydrogens is 445 g/mol. The van der Waals surface area contributed by atoms with E-state index in [-0.39, 0.29) is 24.6 Å². The van der Waals surface area contributed by atoms with E-state index in [0.717, 1.165) is 48.4 Å². The van der Waals surface area contributed by atoms with Crippen LogP contribution in [0.4, 0.5) is 24.7 Å². The van der Waals surface area contributed by atoms with Crippen LogP contribution in [-0.4, -0.2) is 48.4 Å². The van der Waals surface area contributed by atoms with Crippen molar-refractivity contribution >= 4 is 35.1 Å². The number of carbonyl (C=O) groups is 2. The molecule has 170 valence electrons. The Morgan fingerprint density at radius 3 is 2.72 bits per heavy atom. The first-order valence-corrected chi connectivity index (χ1v) is 10.9. The van der Waals surface area contributed by atoms with Crippen LogP contribution >= 0.6 is 11.8 Å². The molecule has 0 radical (unpaired) electrons. The Kier molecular flexibility index (Phi) is 6.56. The molecule has 2 N–H and O–H groups in total. The molecule has 2 aliphatic heterocycles. The Bertz CT molecular complexity index is 995. The second kappa shape index (κ2) is 9.37. The van der Waals surface area contributed by atoms with Crippen LogP contribution < -0.4 is 15.5 Å². The van der Waals surface area contributed by atoms with Crippen molar-refractivity contribution in [3.8, 4) is 0 Å². The lowest BCUT2D eigenvalue weighted by atomic mass is 10.1. The third-order valence-electron chi connectivity index (χ3n) is 5.13. The first kappa shape index (κ1) is 22.4. The Hall–Kier alpha value is -2.79. The number of ether oxygens (including phenoxy) is 1. The van der Waals surface area contributed by atoms with Gasteiger partial charge >= 0.3 is 6.18 Å². The zero-order valence-electron chi connectivity index (χ0n) is 16.9. The van der Waals surface area contributed by atoms with Crippen LogP contribution in [0.15, 0.2) is 41.4 Å². The Morgan fingerprint density at radius 2 is 2.03 bits per heavy atom. The number of benzene rings is 1. The average molecular weight is 466 g/mol. The summed E-state index contributed by atoms with van der Waals surface area (Å²) < 4.78 is 43.9. The monoisotopic (exact) mass is 466 g/mol. The number of amides is 2. The Morgan fingerprint density at radius 1 is 1.25 bits per heavy atom. The maximum absolute atomic E-state index is 12.9. The van der Waals surface area contributed by atoms with Crippen molar-refractivity contribution in [2.45, 2.75) is 29.3 Å². The van der Waals surface area contributed by atoms with Gasteiger partial charge in [-0.25, -0.2) is 4.98 Å². The van der Waals surface area contributed by atoms with Gasteiger partial charge in [0.05, 0.1) is 29.7 Å². The Balaban J connectivity index is 1.30. The molecule has 1 atom stereocenters. The number of alkyl halides is 3. The van der Waals surface area contributed by atoms with E-state index in [2.05, 4.69) is 20.5 Å². The minimum Gasteiger partial charge on any atom is -0.378 e. The van der Waals surface area contributed by atoms with Crippen LogP contribution in [0.25, 0.3) is 0 Å². The lowest BCUT2D eigenvalue weighted by Gasteiger charge is -2.27. The molecule has 0 unspecified atom stereocenters. The van der Waals surface area contributed by atoms with Crippen LogP contribution in [0.1, 0.15) is 17.5 Å². The summed E-state index contributed by atoms with van der Waals surface area (Å²) in [6, 6.07) is 6.96. The van der Waals surface area contributed by atoms with Crippen molar-refractivity contribution < 1.29 is 27.5 Å². The summed E-state index contributed by atoms with van der Waals surface area (Å²) in [6.45, 7) is 3.16. The number of hydrogen-bond acceptors (Lipinski definition) is 6. The zero-order valence-corrected chi connectivity index (χ0v) is 17.8. The van der Waals surface area contributed by atoms with Gasteiger partial charge in [-0.1, -0.05) is 6.07 Å². The zero-order chi connectivity index (χ0) is 22.7. The number of nitrogens with zero attached hydrogens (tertiary/aromatic N) is 2. The number of anilines is 2. The number of rotatable bonds is 5. The predicted molar refractivity (Wildman–Crippen MR) is 113 cm³/mol. The highest BCUT2D eigenvalue weighted by molar-refractivity contribution is 8.01. The molecule has 1 aromatic carbocycles. The summed E-state index contributed by atoms with van der Waals surface area (Å²) >= 11 is 1.08. The summed E-state index contributed by atoms with van der Waals surface area (Å²) in [6.07, 6.45) is -2.88. The third-order valence-corrected chi connectivity index (χ3v) is 6.41. The van der Waals surface area contributed by atoms with Gasteiger partial charge in [0.25, 0.3) is 0 Å². The maximum atomic E-state index is 12.9. The van der Waals surface area contributed by atoms with Crippen molar-refractivity contribution in [2.75, 3.05) is 36.5 Å². The Labute approximate surface area is 186 Å². The van der Waals surface area contributed by atoms with Gasteiger partial charge in [-0.3, -0.25) is 9.59 Å². The van der Waals surface area contributed by atoms with Gasteiger partial charge in [0.2, 0.25) is 11.8 Å². The third kappa shape index (κ3) is 5.33. The van der Waals surface area contributed by atoms with Gasteiger partial charge < -0.3 is 20.3 Å². The van der Waals surface area contributed by atoms with Gasteiger partial charge in [-0.2, -0.15) is 13.2 Å². The normalized spacial score (nSPS) is 18.7. The highest BCUT2D eigenvalue weighted by Gasteiger charge is 2.34. The molecule has 0 spiro atoms. The molecule has 1 saturated heterocycles. The highest BCUT2D eigenvalue weighted by Crippen LogP contribution is 2.40. The van der Waals surface area contributed by atoms with Crippen molar-refractivity contribution in [2.24, 2.45) is 0 Å². The number of morpholine rings is 1. The van der Waals surface area contributed by atoms with E-state index in [9.17, 15) is 22.8 Å². The molecule has 1 fully saturated rings. The van der Waals surface area contributed by atoms with Gasteiger partial charge in [-0.15, -0.1) is 11.8 Å². The highest BCUT2D eigenvalue weighted by atomic mass is 32.2. The number of thioether (sulfide) groups is 1. The lowest BCUT2D eigenvalue weighted by molar-refractivity contribution is -0.137. The number of fused-ring (bicyclic) bond motifs is 1. The van der Waals surface area contributed by atoms with E-state index in [1.165, 1.54) is 6.07 Å². The summed E-state index contributed by atoms with van der Waals surface area (Å²) in [5.41, 5.74) is 0.0978. The summed E-state index contributed by atoms with van der Waals surface area (Å²) in [4.78, 5) is 31.7. The van der Waals surface area contributed by atoms with Crippen LogP contribution in [-0.2, 0) is 27.0 Å². The van der Waals surface area contributed by atoms with E-state index in [0.29, 0.717) is 18.1 Å². The molecule has 3 heterocycles. The van der Waals surface area contributed by atoms with Crippen molar-refractivity contribution in [1.29, 1.82) is 0 Å². The molecule has 11 heteroatoms. The summed E-state index contributed by atoms with van der Waals surface area (Å²) in [7, 11) is 0. The predicted octanol–water partition coefficient (Wildman–Crippen LogP) is 3.06. The molecule has 4 rings (SSSR count). The number of aromatic nitrogens is 1.